The minimum atomic E-state index is -0.259. The smallest absolute Gasteiger partial charge is 0.159 e. The lowest BCUT2D eigenvalue weighted by atomic mass is 10.1. The highest BCUT2D eigenvalue weighted by molar-refractivity contribution is 5.90. The van der Waals surface area contributed by atoms with Crippen molar-refractivity contribution in [2.45, 2.75) is 12.8 Å². The Hall–Kier alpha value is -3.21. The monoisotopic (exact) mass is 326 g/mol. The Balaban J connectivity index is 1.91. The minimum Gasteiger partial charge on any atom is -0.508 e. The van der Waals surface area contributed by atoms with Crippen molar-refractivity contribution in [3.8, 4) is 17.2 Å². The summed E-state index contributed by atoms with van der Waals surface area (Å²) in [5.74, 6) is -0.730. The molecule has 0 aliphatic carbocycles. The topological polar surface area (TPSA) is 98.0 Å². The average Bonchev–Trinajstić information content (AvgIpc) is 2.55. The fourth-order valence-electron chi connectivity index (χ4n) is 2.04. The predicted molar refractivity (Wildman–Crippen MR) is 91.0 cm³/mol. The standard InChI is InChI=1S/C19H18O5/c20-15-6-1-13(2-7-15)3-8-16(21)12-17(22)9-4-14-5-10-18(23)19(24)11-14/h1-2,4-7,9-12,20,22-24H,3,8H2/b9-4+,17-12-. The van der Waals surface area contributed by atoms with E-state index >= 15 is 0 Å². The van der Waals surface area contributed by atoms with Crippen LogP contribution in [0.25, 0.3) is 6.08 Å². The van der Waals surface area contributed by atoms with Gasteiger partial charge in [-0.15, -0.1) is 0 Å². The molecule has 0 aliphatic heterocycles. The SMILES string of the molecule is O=C(/C=C(O)/C=C/c1ccc(O)c(O)c1)CCc1ccc(O)cc1. The number of ketones is 1. The molecule has 124 valence electrons. The Morgan fingerprint density at radius 2 is 1.67 bits per heavy atom. The van der Waals surface area contributed by atoms with E-state index in [4.69, 9.17) is 0 Å². The molecule has 0 atom stereocenters. The minimum absolute atomic E-state index is 0.174. The molecule has 5 nitrogen and oxygen atoms in total. The second-order valence-electron chi connectivity index (χ2n) is 5.28. The molecule has 0 bridgehead atoms. The maximum atomic E-state index is 11.8. The zero-order valence-corrected chi connectivity index (χ0v) is 12.9. The number of hydrogen-bond acceptors (Lipinski definition) is 5. The van der Waals surface area contributed by atoms with Crippen LogP contribution in [0.1, 0.15) is 17.5 Å². The van der Waals surface area contributed by atoms with Crippen molar-refractivity contribution in [3.05, 3.63) is 71.5 Å². The van der Waals surface area contributed by atoms with Gasteiger partial charge in [-0.2, -0.15) is 0 Å². The van der Waals surface area contributed by atoms with Gasteiger partial charge in [-0.25, -0.2) is 0 Å². The molecule has 0 spiro atoms. The number of phenolic OH excluding ortho intramolecular Hbond substituents is 3. The van der Waals surface area contributed by atoms with Gasteiger partial charge in [0.25, 0.3) is 0 Å². The maximum Gasteiger partial charge on any atom is 0.159 e. The van der Waals surface area contributed by atoms with E-state index in [1.54, 1.807) is 30.3 Å². The summed E-state index contributed by atoms with van der Waals surface area (Å²) < 4.78 is 0. The Kier molecular flexibility index (Phi) is 5.63. The van der Waals surface area contributed by atoms with E-state index in [0.717, 1.165) is 11.6 Å². The fourth-order valence-corrected chi connectivity index (χ4v) is 2.04. The molecule has 0 aliphatic rings. The van der Waals surface area contributed by atoms with Gasteiger partial charge in [0, 0.05) is 12.5 Å². The first-order chi connectivity index (χ1) is 11.4. The molecule has 0 radical (unpaired) electrons. The number of aryl methyl sites for hydroxylation is 1. The third-order valence-electron chi connectivity index (χ3n) is 3.35. The molecular formula is C19H18O5. The molecule has 4 N–H and O–H groups in total. The van der Waals surface area contributed by atoms with Crippen LogP contribution in [0.4, 0.5) is 0 Å². The van der Waals surface area contributed by atoms with E-state index in [1.807, 2.05) is 0 Å². The van der Waals surface area contributed by atoms with Crippen LogP contribution in [0, 0.1) is 0 Å². The maximum absolute atomic E-state index is 11.8. The van der Waals surface area contributed by atoms with Gasteiger partial charge in [-0.1, -0.05) is 24.3 Å². The van der Waals surface area contributed by atoms with Gasteiger partial charge in [0.15, 0.2) is 17.3 Å². The molecule has 0 saturated heterocycles. The lowest BCUT2D eigenvalue weighted by Crippen LogP contribution is -1.97. The number of carbonyl (C=O) groups excluding carboxylic acids is 1. The van der Waals surface area contributed by atoms with Crippen molar-refractivity contribution >= 4 is 11.9 Å². The second-order valence-corrected chi connectivity index (χ2v) is 5.28. The molecule has 0 amide bonds. The highest BCUT2D eigenvalue weighted by Gasteiger charge is 2.02. The molecular weight excluding hydrogens is 308 g/mol. The van der Waals surface area contributed by atoms with E-state index < -0.39 is 0 Å². The zero-order chi connectivity index (χ0) is 17.5. The number of carbonyl (C=O) groups is 1. The van der Waals surface area contributed by atoms with Gasteiger partial charge in [-0.05, 0) is 47.9 Å². The largest absolute Gasteiger partial charge is 0.508 e. The van der Waals surface area contributed by atoms with E-state index in [-0.39, 0.29) is 35.2 Å². The number of phenols is 3. The summed E-state index contributed by atoms with van der Waals surface area (Å²) >= 11 is 0. The van der Waals surface area contributed by atoms with E-state index in [1.165, 1.54) is 24.3 Å². The third kappa shape index (κ3) is 5.21. The summed E-state index contributed by atoms with van der Waals surface area (Å²) in [5.41, 5.74) is 1.49. The summed E-state index contributed by atoms with van der Waals surface area (Å²) in [5, 5.41) is 37.5. The highest BCUT2D eigenvalue weighted by atomic mass is 16.3. The molecule has 0 unspecified atom stereocenters. The summed E-state index contributed by atoms with van der Waals surface area (Å²) in [7, 11) is 0. The van der Waals surface area contributed by atoms with Crippen molar-refractivity contribution in [2.24, 2.45) is 0 Å². The van der Waals surface area contributed by atoms with Gasteiger partial charge in [0.05, 0.1) is 0 Å². The summed E-state index contributed by atoms with van der Waals surface area (Å²) in [6, 6.07) is 10.8. The number of benzene rings is 2. The molecule has 24 heavy (non-hydrogen) atoms. The Morgan fingerprint density at radius 3 is 2.33 bits per heavy atom. The summed E-state index contributed by atoms with van der Waals surface area (Å²) in [6.07, 6.45) is 4.74. The Morgan fingerprint density at radius 1 is 0.958 bits per heavy atom. The molecule has 0 heterocycles. The van der Waals surface area contributed by atoms with Gasteiger partial charge < -0.3 is 20.4 Å². The van der Waals surface area contributed by atoms with Crippen molar-refractivity contribution in [1.29, 1.82) is 0 Å². The first kappa shape index (κ1) is 17.1. The normalized spacial score (nSPS) is 11.8. The van der Waals surface area contributed by atoms with Crippen molar-refractivity contribution in [3.63, 3.8) is 0 Å². The average molecular weight is 326 g/mol. The fraction of sp³-hybridized carbons (Fsp3) is 0.105. The van der Waals surface area contributed by atoms with Crippen molar-refractivity contribution in [1.82, 2.24) is 0 Å². The number of aromatic hydroxyl groups is 3. The molecule has 0 aromatic heterocycles. The summed E-state index contributed by atoms with van der Waals surface area (Å²) in [6.45, 7) is 0. The van der Waals surface area contributed by atoms with Crippen LogP contribution in [-0.4, -0.2) is 26.2 Å². The lowest BCUT2D eigenvalue weighted by Gasteiger charge is -2.00. The van der Waals surface area contributed by atoms with Crippen LogP contribution < -0.4 is 0 Å². The van der Waals surface area contributed by atoms with Crippen LogP contribution >= 0.6 is 0 Å². The van der Waals surface area contributed by atoms with E-state index in [9.17, 15) is 25.2 Å². The molecule has 0 saturated carbocycles. The highest BCUT2D eigenvalue weighted by Crippen LogP contribution is 2.25. The van der Waals surface area contributed by atoms with Crippen LogP contribution in [0.2, 0.25) is 0 Å². The zero-order valence-electron chi connectivity index (χ0n) is 12.9. The van der Waals surface area contributed by atoms with Crippen LogP contribution in [0.15, 0.2) is 60.4 Å². The van der Waals surface area contributed by atoms with Crippen LogP contribution in [0.5, 0.6) is 17.2 Å². The van der Waals surface area contributed by atoms with Gasteiger partial charge in [0.2, 0.25) is 0 Å². The van der Waals surface area contributed by atoms with E-state index in [2.05, 4.69) is 0 Å². The molecule has 5 heteroatoms. The number of hydrogen-bond donors (Lipinski definition) is 4. The lowest BCUT2D eigenvalue weighted by molar-refractivity contribution is -0.114. The Labute approximate surface area is 139 Å². The third-order valence-corrected chi connectivity index (χ3v) is 3.35. The van der Waals surface area contributed by atoms with Crippen LogP contribution in [-0.2, 0) is 11.2 Å². The van der Waals surface area contributed by atoms with Crippen molar-refractivity contribution < 1.29 is 25.2 Å². The number of allylic oxidation sites excluding steroid dienone is 2. The number of aliphatic hydroxyl groups is 1. The molecule has 2 rings (SSSR count). The Bertz CT molecular complexity index is 773. The first-order valence-corrected chi connectivity index (χ1v) is 7.35. The van der Waals surface area contributed by atoms with E-state index in [0.29, 0.717) is 12.0 Å². The quantitative estimate of drug-likeness (QED) is 0.282. The molecule has 2 aromatic carbocycles. The summed E-state index contributed by atoms with van der Waals surface area (Å²) in [4.78, 5) is 11.8. The molecule has 2 aromatic rings. The first-order valence-electron chi connectivity index (χ1n) is 7.35. The van der Waals surface area contributed by atoms with Crippen molar-refractivity contribution in [2.75, 3.05) is 0 Å². The van der Waals surface area contributed by atoms with Crippen LogP contribution in [0.3, 0.4) is 0 Å². The second kappa shape index (κ2) is 7.87. The predicted octanol–water partition coefficient (Wildman–Crippen LogP) is 3.46. The van der Waals surface area contributed by atoms with Gasteiger partial charge >= 0.3 is 0 Å². The van der Waals surface area contributed by atoms with Gasteiger partial charge in [0.1, 0.15) is 11.5 Å². The van der Waals surface area contributed by atoms with Gasteiger partial charge in [-0.3, -0.25) is 4.79 Å². The number of aliphatic hydroxyl groups excluding tert-OH is 1. The number of rotatable bonds is 6. The molecule has 0 fully saturated rings.